The number of alkyl halides is 2. The molecule has 0 N–H and O–H groups in total. The van der Waals surface area contributed by atoms with E-state index in [0.717, 1.165) is 5.52 Å². The number of hydrogen-bond acceptors (Lipinski definition) is 7. The fourth-order valence-corrected chi connectivity index (χ4v) is 4.80. The van der Waals surface area contributed by atoms with Gasteiger partial charge in [-0.15, -0.1) is 10.2 Å². The van der Waals surface area contributed by atoms with E-state index in [4.69, 9.17) is 20.8 Å². The first-order valence-corrected chi connectivity index (χ1v) is 12.8. The zero-order valence-electron chi connectivity index (χ0n) is 21.6. The van der Waals surface area contributed by atoms with Crippen molar-refractivity contribution in [2.45, 2.75) is 58.2 Å². The number of amides is 1. The normalized spacial score (nSPS) is 14.9. The van der Waals surface area contributed by atoms with Crippen LogP contribution < -0.4 is 5.69 Å². The van der Waals surface area contributed by atoms with Crippen LogP contribution in [0, 0.1) is 0 Å². The van der Waals surface area contributed by atoms with Gasteiger partial charge in [-0.05, 0) is 63.9 Å². The lowest BCUT2D eigenvalue weighted by Crippen LogP contribution is -2.43. The van der Waals surface area contributed by atoms with Crippen LogP contribution in [0.5, 0.6) is 0 Å². The van der Waals surface area contributed by atoms with Gasteiger partial charge in [0.1, 0.15) is 5.60 Å². The Bertz CT molecular complexity index is 1550. The Morgan fingerprint density at radius 3 is 2.51 bits per heavy atom. The molecule has 206 valence electrons. The first-order valence-electron chi connectivity index (χ1n) is 12.5. The third kappa shape index (κ3) is 5.65. The van der Waals surface area contributed by atoms with Crippen molar-refractivity contribution in [1.82, 2.24) is 29.2 Å². The number of carbonyl (C=O) groups is 1. The van der Waals surface area contributed by atoms with Crippen LogP contribution in [0.2, 0.25) is 5.02 Å². The Morgan fingerprint density at radius 1 is 1.15 bits per heavy atom. The molecule has 1 fully saturated rings. The Hall–Kier alpha value is -3.80. The number of piperidine rings is 1. The standard InChI is InChI=1S/C26H27ClF2N6O4/c1-26(2,3)39-25(37)33-10-8-18(9-11-33)35-19-7-5-16(27)12-20(19)34(24(35)36)14-17-6-4-15(13-30-17)22-31-32-23(38-22)21(28)29/h4-7,12-13,18,21H,8-11,14H2,1-3H3. The fraction of sp³-hybridized carbons (Fsp3) is 0.423. The highest BCUT2D eigenvalue weighted by Crippen LogP contribution is 2.29. The number of carbonyl (C=O) groups excluding carboxylic acids is 1. The van der Waals surface area contributed by atoms with Crippen LogP contribution in [-0.4, -0.2) is 54.0 Å². The van der Waals surface area contributed by atoms with Gasteiger partial charge in [-0.2, -0.15) is 8.78 Å². The molecule has 0 radical (unpaired) electrons. The van der Waals surface area contributed by atoms with E-state index in [1.54, 1.807) is 38.3 Å². The number of hydrogen-bond donors (Lipinski definition) is 0. The van der Waals surface area contributed by atoms with Crippen molar-refractivity contribution < 1.29 is 22.7 Å². The van der Waals surface area contributed by atoms with Gasteiger partial charge in [-0.3, -0.25) is 14.1 Å². The predicted molar refractivity (Wildman–Crippen MR) is 139 cm³/mol. The minimum absolute atomic E-state index is 0.0670. The summed E-state index contributed by atoms with van der Waals surface area (Å²) in [4.78, 5) is 32.2. The Morgan fingerprint density at radius 2 is 1.90 bits per heavy atom. The largest absolute Gasteiger partial charge is 0.444 e. The second-order valence-corrected chi connectivity index (χ2v) is 10.8. The van der Waals surface area contributed by atoms with Gasteiger partial charge < -0.3 is 14.1 Å². The molecular weight excluding hydrogens is 534 g/mol. The molecule has 4 heterocycles. The van der Waals surface area contributed by atoms with Crippen LogP contribution in [0.4, 0.5) is 13.6 Å². The van der Waals surface area contributed by atoms with Crippen molar-refractivity contribution in [3.63, 3.8) is 0 Å². The van der Waals surface area contributed by atoms with E-state index >= 15 is 0 Å². The molecule has 1 aliphatic rings. The van der Waals surface area contributed by atoms with E-state index in [9.17, 15) is 18.4 Å². The van der Waals surface area contributed by atoms with Gasteiger partial charge >= 0.3 is 18.2 Å². The predicted octanol–water partition coefficient (Wildman–Crippen LogP) is 5.46. The number of nitrogens with zero attached hydrogens (tertiary/aromatic N) is 6. The van der Waals surface area contributed by atoms with E-state index in [-0.39, 0.29) is 30.3 Å². The summed E-state index contributed by atoms with van der Waals surface area (Å²) in [6.45, 7) is 6.58. The number of imidazole rings is 1. The zero-order valence-corrected chi connectivity index (χ0v) is 22.4. The molecule has 0 bridgehead atoms. The smallest absolute Gasteiger partial charge is 0.410 e. The van der Waals surface area contributed by atoms with Crippen molar-refractivity contribution in [2.24, 2.45) is 0 Å². The molecule has 1 aromatic carbocycles. The Kier molecular flexibility index (Phi) is 7.15. The summed E-state index contributed by atoms with van der Waals surface area (Å²) >= 11 is 6.29. The Labute approximate surface area is 227 Å². The van der Waals surface area contributed by atoms with Crippen molar-refractivity contribution in [3.8, 4) is 11.5 Å². The van der Waals surface area contributed by atoms with Crippen LogP contribution in [0.3, 0.4) is 0 Å². The third-order valence-electron chi connectivity index (χ3n) is 6.43. The maximum Gasteiger partial charge on any atom is 0.410 e. The summed E-state index contributed by atoms with van der Waals surface area (Å²) < 4.78 is 39.4. The average molecular weight is 561 g/mol. The molecule has 0 aliphatic carbocycles. The Balaban J connectivity index is 1.39. The number of aromatic nitrogens is 5. The lowest BCUT2D eigenvalue weighted by Gasteiger charge is -2.33. The van der Waals surface area contributed by atoms with Crippen molar-refractivity contribution in [3.05, 3.63) is 63.6 Å². The molecule has 3 aromatic heterocycles. The molecule has 13 heteroatoms. The topological polar surface area (TPSA) is 108 Å². The molecule has 10 nitrogen and oxygen atoms in total. The van der Waals surface area contributed by atoms with Crippen LogP contribution in [0.15, 0.2) is 45.7 Å². The molecule has 1 saturated heterocycles. The highest BCUT2D eigenvalue weighted by atomic mass is 35.5. The monoisotopic (exact) mass is 560 g/mol. The maximum atomic E-state index is 13.7. The van der Waals surface area contributed by atoms with Gasteiger partial charge in [-0.1, -0.05) is 11.6 Å². The van der Waals surface area contributed by atoms with Gasteiger partial charge in [0.05, 0.1) is 28.8 Å². The maximum absolute atomic E-state index is 13.7. The minimum Gasteiger partial charge on any atom is -0.444 e. The van der Waals surface area contributed by atoms with E-state index in [1.165, 1.54) is 6.20 Å². The van der Waals surface area contributed by atoms with E-state index < -0.39 is 17.9 Å². The summed E-state index contributed by atoms with van der Waals surface area (Å²) in [5.41, 5.74) is 1.55. The van der Waals surface area contributed by atoms with Crippen LogP contribution in [0.25, 0.3) is 22.5 Å². The summed E-state index contributed by atoms with van der Waals surface area (Å²) in [5.74, 6) is -0.829. The van der Waals surface area contributed by atoms with Gasteiger partial charge in [0, 0.05) is 30.4 Å². The minimum atomic E-state index is -2.86. The number of halogens is 3. The molecule has 0 spiro atoms. The van der Waals surface area contributed by atoms with Gasteiger partial charge in [-0.25, -0.2) is 9.59 Å². The molecule has 1 aliphatic heterocycles. The quantitative estimate of drug-likeness (QED) is 0.319. The van der Waals surface area contributed by atoms with Crippen LogP contribution >= 0.6 is 11.6 Å². The summed E-state index contributed by atoms with van der Waals surface area (Å²) in [6, 6.07) is 8.48. The van der Waals surface area contributed by atoms with Crippen molar-refractivity contribution in [2.75, 3.05) is 13.1 Å². The van der Waals surface area contributed by atoms with Crippen LogP contribution in [0.1, 0.15) is 57.7 Å². The number of fused-ring (bicyclic) bond motifs is 1. The molecule has 0 unspecified atom stereocenters. The number of likely N-dealkylation sites (tertiary alicyclic amines) is 1. The number of pyridine rings is 1. The van der Waals surface area contributed by atoms with Gasteiger partial charge in [0.15, 0.2) is 0 Å². The molecular formula is C26H27ClF2N6O4. The molecule has 0 atom stereocenters. The third-order valence-corrected chi connectivity index (χ3v) is 6.66. The number of rotatable bonds is 5. The number of ether oxygens (including phenoxy) is 1. The lowest BCUT2D eigenvalue weighted by atomic mass is 10.0. The van der Waals surface area contributed by atoms with Gasteiger partial charge in [0.2, 0.25) is 5.89 Å². The lowest BCUT2D eigenvalue weighted by molar-refractivity contribution is 0.0188. The molecule has 1 amide bonds. The summed E-state index contributed by atoms with van der Waals surface area (Å²) in [7, 11) is 0. The van der Waals surface area contributed by atoms with E-state index in [0.29, 0.717) is 47.7 Å². The highest BCUT2D eigenvalue weighted by molar-refractivity contribution is 6.31. The highest BCUT2D eigenvalue weighted by Gasteiger charge is 2.30. The zero-order chi connectivity index (χ0) is 27.9. The molecule has 0 saturated carbocycles. The fourth-order valence-electron chi connectivity index (χ4n) is 4.64. The van der Waals surface area contributed by atoms with Crippen LogP contribution in [-0.2, 0) is 11.3 Å². The molecule has 39 heavy (non-hydrogen) atoms. The first-order chi connectivity index (χ1) is 18.5. The summed E-state index contributed by atoms with van der Waals surface area (Å²) in [6.07, 6.45) is -0.596. The van der Waals surface area contributed by atoms with Crippen molar-refractivity contribution >= 4 is 28.7 Å². The molecule has 4 aromatic rings. The molecule has 5 rings (SSSR count). The summed E-state index contributed by atoms with van der Waals surface area (Å²) in [5, 5.41) is 7.45. The second kappa shape index (κ2) is 10.4. The second-order valence-electron chi connectivity index (χ2n) is 10.4. The van der Waals surface area contributed by atoms with E-state index in [2.05, 4.69) is 15.2 Å². The number of benzene rings is 1. The SMILES string of the molecule is CC(C)(C)OC(=O)N1CCC(n2c(=O)n(Cc3ccc(-c4nnc(C(F)F)o4)cn3)c3cc(Cl)ccc32)CC1. The van der Waals surface area contributed by atoms with Crippen molar-refractivity contribution in [1.29, 1.82) is 0 Å². The average Bonchev–Trinajstić information content (AvgIpc) is 3.48. The first kappa shape index (κ1) is 26.8. The van der Waals surface area contributed by atoms with Gasteiger partial charge in [0.25, 0.3) is 5.89 Å². The van der Waals surface area contributed by atoms with E-state index in [1.807, 2.05) is 26.8 Å².